The number of nitrogens with zero attached hydrogens (tertiary/aromatic N) is 3. The number of aryl methyl sites for hydroxylation is 1. The molecule has 5 nitrogen and oxygen atoms in total. The van der Waals surface area contributed by atoms with Crippen molar-refractivity contribution in [3.63, 3.8) is 0 Å². The maximum Gasteiger partial charge on any atom is 0.223 e. The standard InChI is InChI=1S/C7H8N4OS/c1-4-10-7(11-12-4)6(8)5-2-9-3-13-5/h2-3,6H,8H2,1H3. The van der Waals surface area contributed by atoms with Crippen LogP contribution in [0.15, 0.2) is 16.2 Å². The van der Waals surface area contributed by atoms with Gasteiger partial charge in [-0.2, -0.15) is 4.98 Å². The predicted molar refractivity (Wildman–Crippen MR) is 47.2 cm³/mol. The summed E-state index contributed by atoms with van der Waals surface area (Å²) in [5, 5.41) is 3.74. The largest absolute Gasteiger partial charge is 0.340 e. The van der Waals surface area contributed by atoms with Crippen molar-refractivity contribution in [2.45, 2.75) is 13.0 Å². The summed E-state index contributed by atoms with van der Waals surface area (Å²) in [4.78, 5) is 8.90. The van der Waals surface area contributed by atoms with Crippen LogP contribution in [0.3, 0.4) is 0 Å². The molecule has 0 amide bonds. The third kappa shape index (κ3) is 1.58. The Morgan fingerprint density at radius 2 is 2.46 bits per heavy atom. The topological polar surface area (TPSA) is 77.8 Å². The molecule has 2 N–H and O–H groups in total. The van der Waals surface area contributed by atoms with E-state index in [1.807, 2.05) is 0 Å². The number of hydrogen-bond acceptors (Lipinski definition) is 6. The molecule has 0 radical (unpaired) electrons. The Bertz CT molecular complexity index is 383. The molecule has 2 aromatic rings. The summed E-state index contributed by atoms with van der Waals surface area (Å²) < 4.78 is 4.83. The Morgan fingerprint density at radius 1 is 1.62 bits per heavy atom. The van der Waals surface area contributed by atoms with Crippen LogP contribution in [-0.4, -0.2) is 15.1 Å². The molecular weight excluding hydrogens is 188 g/mol. The first-order chi connectivity index (χ1) is 6.27. The Hall–Kier alpha value is -1.27. The Kier molecular flexibility index (Phi) is 2.07. The molecule has 2 heterocycles. The van der Waals surface area contributed by atoms with Gasteiger partial charge in [-0.25, -0.2) is 0 Å². The van der Waals surface area contributed by atoms with Crippen LogP contribution >= 0.6 is 11.3 Å². The van der Waals surface area contributed by atoms with E-state index in [0.717, 1.165) is 4.88 Å². The number of thiazole rings is 1. The lowest BCUT2D eigenvalue weighted by Crippen LogP contribution is -2.11. The van der Waals surface area contributed by atoms with E-state index in [1.165, 1.54) is 11.3 Å². The van der Waals surface area contributed by atoms with Gasteiger partial charge in [0.2, 0.25) is 5.89 Å². The van der Waals surface area contributed by atoms with Gasteiger partial charge in [0.25, 0.3) is 0 Å². The number of hydrogen-bond donors (Lipinski definition) is 1. The third-order valence-electron chi connectivity index (χ3n) is 1.58. The van der Waals surface area contributed by atoms with E-state index in [4.69, 9.17) is 10.3 Å². The van der Waals surface area contributed by atoms with Crippen molar-refractivity contribution >= 4 is 11.3 Å². The van der Waals surface area contributed by atoms with Crippen molar-refractivity contribution in [3.8, 4) is 0 Å². The Labute approximate surface area is 78.6 Å². The SMILES string of the molecule is Cc1nc(C(N)c2cncs2)no1. The zero-order valence-electron chi connectivity index (χ0n) is 6.97. The van der Waals surface area contributed by atoms with Gasteiger partial charge in [0.05, 0.1) is 5.51 Å². The summed E-state index contributed by atoms with van der Waals surface area (Å²) in [7, 11) is 0. The maximum absolute atomic E-state index is 5.86. The van der Waals surface area contributed by atoms with E-state index in [0.29, 0.717) is 11.7 Å². The van der Waals surface area contributed by atoms with Crippen LogP contribution in [0.25, 0.3) is 0 Å². The second-order valence-electron chi connectivity index (χ2n) is 2.55. The maximum atomic E-state index is 5.86. The molecule has 0 bridgehead atoms. The lowest BCUT2D eigenvalue weighted by atomic mass is 10.3. The second-order valence-corrected chi connectivity index (χ2v) is 3.47. The molecule has 13 heavy (non-hydrogen) atoms. The summed E-state index contributed by atoms with van der Waals surface area (Å²) in [6.45, 7) is 1.73. The van der Waals surface area contributed by atoms with Crippen LogP contribution < -0.4 is 5.73 Å². The van der Waals surface area contributed by atoms with Crippen molar-refractivity contribution in [3.05, 3.63) is 28.3 Å². The van der Waals surface area contributed by atoms with Crippen LogP contribution in [0.2, 0.25) is 0 Å². The second kappa shape index (κ2) is 3.23. The zero-order valence-corrected chi connectivity index (χ0v) is 7.78. The first-order valence-electron chi connectivity index (χ1n) is 3.71. The van der Waals surface area contributed by atoms with E-state index in [1.54, 1.807) is 18.6 Å². The highest BCUT2D eigenvalue weighted by molar-refractivity contribution is 7.09. The minimum absolute atomic E-state index is 0.329. The van der Waals surface area contributed by atoms with Gasteiger partial charge in [-0.15, -0.1) is 11.3 Å². The van der Waals surface area contributed by atoms with Crippen LogP contribution in [0.5, 0.6) is 0 Å². The number of nitrogens with two attached hydrogens (primary N) is 1. The molecule has 68 valence electrons. The predicted octanol–water partition coefficient (Wildman–Crippen LogP) is 0.883. The van der Waals surface area contributed by atoms with Crippen molar-refractivity contribution in [1.29, 1.82) is 0 Å². The quantitative estimate of drug-likeness (QED) is 0.771. The fraction of sp³-hybridized carbons (Fsp3) is 0.286. The molecule has 0 aliphatic heterocycles. The first-order valence-corrected chi connectivity index (χ1v) is 4.59. The van der Waals surface area contributed by atoms with E-state index in [-0.39, 0.29) is 6.04 Å². The zero-order chi connectivity index (χ0) is 9.26. The smallest absolute Gasteiger partial charge is 0.223 e. The van der Waals surface area contributed by atoms with Gasteiger partial charge in [-0.3, -0.25) is 4.98 Å². The van der Waals surface area contributed by atoms with Gasteiger partial charge < -0.3 is 10.3 Å². The highest BCUT2D eigenvalue weighted by Gasteiger charge is 2.15. The molecular formula is C7H8N4OS. The van der Waals surface area contributed by atoms with Gasteiger partial charge in [-0.05, 0) is 0 Å². The van der Waals surface area contributed by atoms with Crippen molar-refractivity contribution < 1.29 is 4.52 Å². The summed E-state index contributed by atoms with van der Waals surface area (Å²) >= 11 is 1.48. The fourth-order valence-corrected chi connectivity index (χ4v) is 1.56. The highest BCUT2D eigenvalue weighted by atomic mass is 32.1. The van der Waals surface area contributed by atoms with Crippen LogP contribution in [-0.2, 0) is 0 Å². The highest BCUT2D eigenvalue weighted by Crippen LogP contribution is 2.19. The van der Waals surface area contributed by atoms with E-state index in [2.05, 4.69) is 15.1 Å². The molecule has 2 aromatic heterocycles. The van der Waals surface area contributed by atoms with E-state index >= 15 is 0 Å². The molecule has 6 heteroatoms. The van der Waals surface area contributed by atoms with Crippen molar-refractivity contribution in [2.24, 2.45) is 5.73 Å². The first kappa shape index (κ1) is 8.33. The van der Waals surface area contributed by atoms with Crippen LogP contribution in [0.4, 0.5) is 0 Å². The molecule has 0 saturated heterocycles. The van der Waals surface area contributed by atoms with Gasteiger partial charge in [-0.1, -0.05) is 5.16 Å². The molecule has 1 unspecified atom stereocenters. The van der Waals surface area contributed by atoms with Gasteiger partial charge >= 0.3 is 0 Å². The lowest BCUT2D eigenvalue weighted by molar-refractivity contribution is 0.385. The van der Waals surface area contributed by atoms with Gasteiger partial charge in [0, 0.05) is 18.0 Å². The van der Waals surface area contributed by atoms with Crippen LogP contribution in [0.1, 0.15) is 22.6 Å². The molecule has 0 aliphatic rings. The summed E-state index contributed by atoms with van der Waals surface area (Å²) in [5.41, 5.74) is 7.58. The van der Waals surface area contributed by atoms with E-state index in [9.17, 15) is 0 Å². The molecule has 0 saturated carbocycles. The van der Waals surface area contributed by atoms with Crippen molar-refractivity contribution in [1.82, 2.24) is 15.1 Å². The van der Waals surface area contributed by atoms with Gasteiger partial charge in [0.1, 0.15) is 6.04 Å². The number of aromatic nitrogens is 3. The average Bonchev–Trinajstić information content (AvgIpc) is 2.72. The Balaban J connectivity index is 2.28. The molecule has 2 rings (SSSR count). The minimum atomic E-state index is -0.329. The van der Waals surface area contributed by atoms with E-state index < -0.39 is 0 Å². The molecule has 0 aliphatic carbocycles. The Morgan fingerprint density at radius 3 is 3.00 bits per heavy atom. The summed E-state index contributed by atoms with van der Waals surface area (Å²) in [6, 6.07) is -0.329. The average molecular weight is 196 g/mol. The number of rotatable bonds is 2. The monoisotopic (exact) mass is 196 g/mol. The van der Waals surface area contributed by atoms with Crippen LogP contribution in [0, 0.1) is 6.92 Å². The molecule has 0 spiro atoms. The molecule has 0 aromatic carbocycles. The normalized spacial score (nSPS) is 13.1. The van der Waals surface area contributed by atoms with Crippen molar-refractivity contribution in [2.75, 3.05) is 0 Å². The molecule has 0 fully saturated rings. The summed E-state index contributed by atoms with van der Waals surface area (Å²) in [6.07, 6.45) is 1.71. The molecule has 1 atom stereocenters. The third-order valence-corrected chi connectivity index (χ3v) is 2.44. The van der Waals surface area contributed by atoms with Gasteiger partial charge in [0.15, 0.2) is 5.82 Å². The fourth-order valence-electron chi connectivity index (χ4n) is 0.948. The minimum Gasteiger partial charge on any atom is -0.340 e. The lowest BCUT2D eigenvalue weighted by Gasteiger charge is -2.00. The summed E-state index contributed by atoms with van der Waals surface area (Å²) in [5.74, 6) is 1.02.